The fourth-order valence-corrected chi connectivity index (χ4v) is 3.67. The molecule has 4 rings (SSSR count). The summed E-state index contributed by atoms with van der Waals surface area (Å²) in [5.74, 6) is 1.39. The van der Waals surface area contributed by atoms with Crippen molar-refractivity contribution in [3.8, 4) is 0 Å². The lowest BCUT2D eigenvalue weighted by atomic mass is 10.0. The number of pyridine rings is 1. The summed E-state index contributed by atoms with van der Waals surface area (Å²) in [6, 6.07) is 13.5. The first-order valence-corrected chi connectivity index (χ1v) is 10.7. The largest absolute Gasteiger partial charge is 0.472 e. The molecule has 0 saturated carbocycles. The van der Waals surface area contributed by atoms with Gasteiger partial charge in [-0.3, -0.25) is 4.90 Å². The molecule has 1 aliphatic heterocycles. The van der Waals surface area contributed by atoms with Crippen LogP contribution in [0.2, 0.25) is 0 Å². The number of nitrogens with zero attached hydrogens (tertiary/aromatic N) is 3. The summed E-state index contributed by atoms with van der Waals surface area (Å²) in [6.07, 6.45) is 5.22. The Morgan fingerprint density at radius 3 is 2.32 bits per heavy atom. The van der Waals surface area contributed by atoms with E-state index in [-0.39, 0.29) is 6.03 Å². The number of benzene rings is 1. The molecule has 1 aromatic carbocycles. The van der Waals surface area contributed by atoms with Gasteiger partial charge in [0.05, 0.1) is 24.4 Å². The van der Waals surface area contributed by atoms with Gasteiger partial charge in [0, 0.05) is 44.0 Å². The van der Waals surface area contributed by atoms with Crippen molar-refractivity contribution in [2.75, 3.05) is 41.7 Å². The van der Waals surface area contributed by atoms with Crippen LogP contribution in [0, 0.1) is 0 Å². The lowest BCUT2D eigenvalue weighted by molar-refractivity contribution is 0.248. The minimum atomic E-state index is -0.278. The van der Waals surface area contributed by atoms with Gasteiger partial charge in [-0.1, -0.05) is 26.0 Å². The number of aromatic nitrogens is 1. The van der Waals surface area contributed by atoms with Crippen molar-refractivity contribution < 1.29 is 9.21 Å². The van der Waals surface area contributed by atoms with Crippen LogP contribution in [0.25, 0.3) is 0 Å². The number of carbonyl (C=O) groups is 1. The highest BCUT2D eigenvalue weighted by molar-refractivity contribution is 5.99. The SMILES string of the molecule is CC(C)c1ccc(NC(=O)Nc2ccc(N3CCN(Cc4ccoc4)CC3)nc2)cc1. The van der Waals surface area contributed by atoms with E-state index in [2.05, 4.69) is 39.3 Å². The van der Waals surface area contributed by atoms with Crippen molar-refractivity contribution in [2.45, 2.75) is 26.3 Å². The Morgan fingerprint density at radius 1 is 1.00 bits per heavy atom. The Balaban J connectivity index is 1.26. The normalized spacial score (nSPS) is 14.6. The third-order valence-electron chi connectivity index (χ3n) is 5.52. The summed E-state index contributed by atoms with van der Waals surface area (Å²) >= 11 is 0. The molecular formula is C24H29N5O2. The number of nitrogens with one attached hydrogen (secondary N) is 2. The first-order chi connectivity index (χ1) is 15.1. The van der Waals surface area contributed by atoms with Gasteiger partial charge in [0.15, 0.2) is 0 Å². The van der Waals surface area contributed by atoms with E-state index in [1.165, 1.54) is 11.1 Å². The zero-order valence-corrected chi connectivity index (χ0v) is 18.0. The molecular weight excluding hydrogens is 390 g/mol. The minimum Gasteiger partial charge on any atom is -0.472 e. The van der Waals surface area contributed by atoms with E-state index in [0.29, 0.717) is 11.6 Å². The number of hydrogen-bond donors (Lipinski definition) is 2. The zero-order chi connectivity index (χ0) is 21.6. The molecule has 3 aromatic rings. The van der Waals surface area contributed by atoms with Gasteiger partial charge in [-0.05, 0) is 41.8 Å². The van der Waals surface area contributed by atoms with Crippen LogP contribution < -0.4 is 15.5 Å². The molecule has 7 nitrogen and oxygen atoms in total. The van der Waals surface area contributed by atoms with Crippen LogP contribution in [0.3, 0.4) is 0 Å². The number of carbonyl (C=O) groups excluding carboxylic acids is 1. The summed E-state index contributed by atoms with van der Waals surface area (Å²) in [5.41, 5.74) is 3.88. The number of hydrogen-bond acceptors (Lipinski definition) is 5. The van der Waals surface area contributed by atoms with Gasteiger partial charge in [-0.2, -0.15) is 0 Å². The molecule has 3 heterocycles. The monoisotopic (exact) mass is 419 g/mol. The van der Waals surface area contributed by atoms with E-state index in [9.17, 15) is 4.79 Å². The van der Waals surface area contributed by atoms with Gasteiger partial charge >= 0.3 is 6.03 Å². The summed E-state index contributed by atoms with van der Waals surface area (Å²) in [7, 11) is 0. The fourth-order valence-electron chi connectivity index (χ4n) is 3.67. The van der Waals surface area contributed by atoms with E-state index < -0.39 is 0 Å². The number of urea groups is 1. The van der Waals surface area contributed by atoms with E-state index in [0.717, 1.165) is 44.2 Å². The molecule has 0 spiro atoms. The minimum absolute atomic E-state index is 0.278. The third-order valence-corrected chi connectivity index (χ3v) is 5.52. The van der Waals surface area contributed by atoms with Crippen LogP contribution in [0.15, 0.2) is 65.6 Å². The smallest absolute Gasteiger partial charge is 0.323 e. The first-order valence-electron chi connectivity index (χ1n) is 10.7. The van der Waals surface area contributed by atoms with Crippen molar-refractivity contribution >= 4 is 23.2 Å². The van der Waals surface area contributed by atoms with Crippen molar-refractivity contribution in [3.05, 3.63) is 72.3 Å². The van der Waals surface area contributed by atoms with Crippen LogP contribution in [0.1, 0.15) is 30.9 Å². The molecule has 1 aliphatic rings. The lowest BCUT2D eigenvalue weighted by Crippen LogP contribution is -2.46. The van der Waals surface area contributed by atoms with Crippen LogP contribution in [0.4, 0.5) is 22.0 Å². The van der Waals surface area contributed by atoms with Crippen molar-refractivity contribution in [3.63, 3.8) is 0 Å². The molecule has 1 saturated heterocycles. The maximum atomic E-state index is 12.3. The summed E-state index contributed by atoms with van der Waals surface area (Å²) in [4.78, 5) is 21.5. The molecule has 0 unspecified atom stereocenters. The maximum absolute atomic E-state index is 12.3. The number of anilines is 3. The standard InChI is InChI=1S/C24H29N5O2/c1-18(2)20-3-5-21(6-4-20)26-24(30)27-22-7-8-23(25-15-22)29-12-10-28(11-13-29)16-19-9-14-31-17-19/h3-9,14-15,17-18H,10-13,16H2,1-2H3,(H2,26,27,30). The summed E-state index contributed by atoms with van der Waals surface area (Å²) in [6.45, 7) is 9.00. The second-order valence-corrected chi connectivity index (χ2v) is 8.16. The third kappa shape index (κ3) is 5.64. The van der Waals surface area contributed by atoms with Gasteiger partial charge < -0.3 is 20.0 Å². The molecule has 2 N–H and O–H groups in total. The highest BCUT2D eigenvalue weighted by Gasteiger charge is 2.18. The Kier molecular flexibility index (Phi) is 6.52. The van der Waals surface area contributed by atoms with Gasteiger partial charge in [0.25, 0.3) is 0 Å². The number of amides is 2. The summed E-state index contributed by atoms with van der Waals surface area (Å²) in [5, 5.41) is 5.70. The van der Waals surface area contributed by atoms with Crippen molar-refractivity contribution in [1.82, 2.24) is 9.88 Å². The van der Waals surface area contributed by atoms with E-state index >= 15 is 0 Å². The Morgan fingerprint density at radius 2 is 1.71 bits per heavy atom. The maximum Gasteiger partial charge on any atom is 0.323 e. The van der Waals surface area contributed by atoms with Crippen LogP contribution >= 0.6 is 0 Å². The lowest BCUT2D eigenvalue weighted by Gasteiger charge is -2.35. The fraction of sp³-hybridized carbons (Fsp3) is 0.333. The Hall–Kier alpha value is -3.32. The number of piperazine rings is 1. The zero-order valence-electron chi connectivity index (χ0n) is 18.0. The molecule has 2 aromatic heterocycles. The Bertz CT molecular complexity index is 960. The predicted octanol–water partition coefficient (Wildman–Crippen LogP) is 4.76. The van der Waals surface area contributed by atoms with Crippen molar-refractivity contribution in [1.29, 1.82) is 0 Å². The van der Waals surface area contributed by atoms with Gasteiger partial charge in [-0.15, -0.1) is 0 Å². The molecule has 7 heteroatoms. The van der Waals surface area contributed by atoms with Crippen LogP contribution in [0.5, 0.6) is 0 Å². The van der Waals surface area contributed by atoms with E-state index in [1.807, 2.05) is 42.5 Å². The molecule has 0 radical (unpaired) electrons. The van der Waals surface area contributed by atoms with E-state index in [1.54, 1.807) is 18.7 Å². The highest BCUT2D eigenvalue weighted by atomic mass is 16.3. The number of rotatable bonds is 6. The second kappa shape index (κ2) is 9.66. The highest BCUT2D eigenvalue weighted by Crippen LogP contribution is 2.19. The molecule has 2 amide bonds. The second-order valence-electron chi connectivity index (χ2n) is 8.16. The predicted molar refractivity (Wildman–Crippen MR) is 124 cm³/mol. The van der Waals surface area contributed by atoms with Crippen molar-refractivity contribution in [2.24, 2.45) is 0 Å². The Labute approximate surface area is 183 Å². The molecule has 31 heavy (non-hydrogen) atoms. The van der Waals surface area contributed by atoms with Gasteiger partial charge in [-0.25, -0.2) is 9.78 Å². The topological polar surface area (TPSA) is 73.6 Å². The first kappa shape index (κ1) is 20.9. The molecule has 1 fully saturated rings. The number of furan rings is 1. The van der Waals surface area contributed by atoms with Crippen LogP contribution in [-0.4, -0.2) is 42.1 Å². The van der Waals surface area contributed by atoms with Gasteiger partial charge in [0.1, 0.15) is 5.82 Å². The van der Waals surface area contributed by atoms with E-state index in [4.69, 9.17) is 4.42 Å². The molecule has 0 bridgehead atoms. The molecule has 162 valence electrons. The molecule has 0 aliphatic carbocycles. The van der Waals surface area contributed by atoms with Crippen LogP contribution in [-0.2, 0) is 6.54 Å². The average Bonchev–Trinajstić information content (AvgIpc) is 3.28. The molecule has 0 atom stereocenters. The van der Waals surface area contributed by atoms with Gasteiger partial charge in [0.2, 0.25) is 0 Å². The quantitative estimate of drug-likeness (QED) is 0.602. The average molecular weight is 420 g/mol. The summed E-state index contributed by atoms with van der Waals surface area (Å²) < 4.78 is 5.15.